The van der Waals surface area contributed by atoms with Crippen molar-refractivity contribution in [1.29, 1.82) is 0 Å². The highest BCUT2D eigenvalue weighted by Gasteiger charge is 2.46. The smallest absolute Gasteiger partial charge is 0.405 e. The molecule has 1 aliphatic rings. The van der Waals surface area contributed by atoms with Crippen molar-refractivity contribution in [3.8, 4) is 0 Å². The van der Waals surface area contributed by atoms with Crippen LogP contribution in [0.25, 0.3) is 10.9 Å². The van der Waals surface area contributed by atoms with E-state index in [4.69, 9.17) is 0 Å². The van der Waals surface area contributed by atoms with Crippen molar-refractivity contribution in [3.05, 3.63) is 71.9 Å². The minimum absolute atomic E-state index is 0.0807. The Bertz CT molecular complexity index is 1470. The summed E-state index contributed by atoms with van der Waals surface area (Å²) in [6, 6.07) is 16.5. The Morgan fingerprint density at radius 3 is 2.40 bits per heavy atom. The average molecular weight is 591 g/mol. The molecule has 0 aliphatic carbocycles. The molecule has 1 saturated heterocycles. The Morgan fingerprint density at radius 1 is 1.05 bits per heavy atom. The molecule has 0 bridgehead atoms. The van der Waals surface area contributed by atoms with Crippen molar-refractivity contribution >= 4 is 34.7 Å². The first-order valence-corrected chi connectivity index (χ1v) is 14.5. The zero-order valence-electron chi connectivity index (χ0n) is 25.5. The van der Waals surface area contributed by atoms with Gasteiger partial charge in [0.25, 0.3) is 0 Å². The number of amides is 4. The standard InChI is InChI=1S/C32H42N6O5/c1-31(2,35-30(42)43)28(40)34-26(18-23-20-33-25-15-10-9-14-24(23)25)27(39)38-17-11-16-32(21-38,29(41)37(5)36(3)4)19-22-12-7-6-8-13-22/h6-10,12-15,20,26,33,35H,11,16-19,21H2,1-5H3,(H,34,40)(H,42,43)/t26-,32+/m1/s1. The second-order valence-corrected chi connectivity index (χ2v) is 12.1. The summed E-state index contributed by atoms with van der Waals surface area (Å²) in [7, 11) is 5.34. The van der Waals surface area contributed by atoms with Gasteiger partial charge in [-0.25, -0.2) is 9.80 Å². The van der Waals surface area contributed by atoms with Gasteiger partial charge in [-0.3, -0.25) is 19.4 Å². The molecule has 230 valence electrons. The lowest BCUT2D eigenvalue weighted by Gasteiger charge is -2.45. The first kappa shape index (κ1) is 31.6. The van der Waals surface area contributed by atoms with Crippen LogP contribution in [0.2, 0.25) is 0 Å². The minimum atomic E-state index is -1.48. The predicted octanol–water partition coefficient (Wildman–Crippen LogP) is 3.03. The normalized spacial score (nSPS) is 17.9. The zero-order chi connectivity index (χ0) is 31.4. The van der Waals surface area contributed by atoms with Crippen LogP contribution in [0.4, 0.5) is 4.79 Å². The number of aromatic nitrogens is 1. The highest BCUT2D eigenvalue weighted by molar-refractivity contribution is 5.94. The molecule has 0 radical (unpaired) electrons. The number of H-pyrrole nitrogens is 1. The minimum Gasteiger partial charge on any atom is -0.465 e. The number of piperidine rings is 1. The summed E-state index contributed by atoms with van der Waals surface area (Å²) in [6.45, 7) is 3.52. The molecule has 11 nitrogen and oxygen atoms in total. The van der Waals surface area contributed by atoms with Crippen molar-refractivity contribution in [2.45, 2.75) is 51.1 Å². The molecule has 1 fully saturated rings. The van der Waals surface area contributed by atoms with Crippen molar-refractivity contribution in [3.63, 3.8) is 0 Å². The van der Waals surface area contributed by atoms with Crippen LogP contribution >= 0.6 is 0 Å². The summed E-state index contributed by atoms with van der Waals surface area (Å²) in [5.74, 6) is -1.02. The van der Waals surface area contributed by atoms with Gasteiger partial charge in [0.05, 0.1) is 5.41 Å². The Hall–Kier alpha value is -4.38. The van der Waals surface area contributed by atoms with Crippen LogP contribution in [0.15, 0.2) is 60.8 Å². The third kappa shape index (κ3) is 7.16. The third-order valence-corrected chi connectivity index (χ3v) is 8.31. The number of fused-ring (bicyclic) bond motifs is 1. The number of likely N-dealkylation sites (tertiary alicyclic amines) is 1. The molecule has 1 aliphatic heterocycles. The van der Waals surface area contributed by atoms with E-state index < -0.39 is 29.0 Å². The molecule has 11 heteroatoms. The van der Waals surface area contributed by atoms with Crippen LogP contribution in [-0.2, 0) is 27.2 Å². The number of carbonyl (C=O) groups excluding carboxylic acids is 3. The van der Waals surface area contributed by atoms with Crippen molar-refractivity contribution < 1.29 is 24.3 Å². The van der Waals surface area contributed by atoms with E-state index in [1.807, 2.05) is 60.8 Å². The highest BCUT2D eigenvalue weighted by Crippen LogP contribution is 2.36. The maximum Gasteiger partial charge on any atom is 0.405 e. The summed E-state index contributed by atoms with van der Waals surface area (Å²) >= 11 is 0. The van der Waals surface area contributed by atoms with Crippen LogP contribution in [0.5, 0.6) is 0 Å². The van der Waals surface area contributed by atoms with Gasteiger partial charge < -0.3 is 25.6 Å². The summed E-state index contributed by atoms with van der Waals surface area (Å²) in [5.41, 5.74) is 0.401. The summed E-state index contributed by atoms with van der Waals surface area (Å²) in [4.78, 5) is 58.0. The van der Waals surface area contributed by atoms with E-state index in [0.29, 0.717) is 25.8 Å². The summed E-state index contributed by atoms with van der Waals surface area (Å²) in [5, 5.41) is 18.6. The molecule has 0 saturated carbocycles. The third-order valence-electron chi connectivity index (χ3n) is 8.31. The number of hydrazine groups is 1. The second-order valence-electron chi connectivity index (χ2n) is 12.1. The lowest BCUT2D eigenvalue weighted by molar-refractivity contribution is -0.159. The van der Waals surface area contributed by atoms with Gasteiger partial charge in [0.1, 0.15) is 11.6 Å². The molecule has 1 aromatic heterocycles. The Kier molecular flexibility index (Phi) is 9.44. The van der Waals surface area contributed by atoms with E-state index in [9.17, 15) is 24.3 Å². The highest BCUT2D eigenvalue weighted by atomic mass is 16.4. The zero-order valence-corrected chi connectivity index (χ0v) is 25.5. The quantitative estimate of drug-likeness (QED) is 0.268. The molecular formula is C32H42N6O5. The fourth-order valence-corrected chi connectivity index (χ4v) is 5.83. The van der Waals surface area contributed by atoms with Crippen molar-refractivity contribution in [2.75, 3.05) is 34.2 Å². The van der Waals surface area contributed by atoms with Crippen LogP contribution in [0.1, 0.15) is 37.8 Å². The molecule has 2 heterocycles. The average Bonchev–Trinajstić information content (AvgIpc) is 3.38. The maximum absolute atomic E-state index is 14.3. The lowest BCUT2D eigenvalue weighted by atomic mass is 9.74. The Labute approximate surface area is 252 Å². The molecule has 4 rings (SSSR count). The van der Waals surface area contributed by atoms with Gasteiger partial charge in [0.15, 0.2) is 0 Å². The number of carboxylic acid groups (broad SMARTS) is 1. The number of hydrogen-bond acceptors (Lipinski definition) is 5. The van der Waals surface area contributed by atoms with Gasteiger partial charge in [-0.1, -0.05) is 48.5 Å². The number of hydrogen-bond donors (Lipinski definition) is 4. The van der Waals surface area contributed by atoms with E-state index in [0.717, 1.165) is 22.0 Å². The largest absolute Gasteiger partial charge is 0.465 e. The van der Waals surface area contributed by atoms with Gasteiger partial charge in [-0.2, -0.15) is 0 Å². The van der Waals surface area contributed by atoms with Crippen molar-refractivity contribution in [1.82, 2.24) is 30.5 Å². The summed E-state index contributed by atoms with van der Waals surface area (Å²) < 4.78 is 0. The van der Waals surface area contributed by atoms with Crippen LogP contribution in [0, 0.1) is 5.41 Å². The Balaban J connectivity index is 1.67. The number of para-hydroxylation sites is 1. The molecule has 43 heavy (non-hydrogen) atoms. The molecular weight excluding hydrogens is 548 g/mol. The van der Waals surface area contributed by atoms with Crippen LogP contribution < -0.4 is 10.6 Å². The number of benzene rings is 2. The SMILES string of the molecule is CN(C)N(C)C(=O)[C@]1(Cc2ccccc2)CCCN(C(=O)[C@@H](Cc2c[nH]c3ccccc23)NC(=O)C(C)(C)NC(=O)O)C1. The molecule has 3 aromatic rings. The van der Waals surface area contributed by atoms with E-state index in [1.165, 1.54) is 13.8 Å². The first-order valence-electron chi connectivity index (χ1n) is 14.5. The van der Waals surface area contributed by atoms with Gasteiger partial charge in [0.2, 0.25) is 17.7 Å². The molecule has 4 amide bonds. The number of nitrogens with zero attached hydrogens (tertiary/aromatic N) is 3. The second kappa shape index (κ2) is 12.9. The number of nitrogens with one attached hydrogen (secondary N) is 3. The molecule has 0 spiro atoms. The Morgan fingerprint density at radius 2 is 1.72 bits per heavy atom. The molecule has 0 unspecified atom stereocenters. The predicted molar refractivity (Wildman–Crippen MR) is 164 cm³/mol. The maximum atomic E-state index is 14.3. The van der Waals surface area contributed by atoms with Crippen LogP contribution in [0.3, 0.4) is 0 Å². The monoisotopic (exact) mass is 590 g/mol. The molecule has 2 aromatic carbocycles. The van der Waals surface area contributed by atoms with E-state index >= 15 is 0 Å². The van der Waals surface area contributed by atoms with Gasteiger partial charge in [-0.05, 0) is 50.3 Å². The topological polar surface area (TPSA) is 138 Å². The van der Waals surface area contributed by atoms with E-state index in [2.05, 4.69) is 15.6 Å². The fraction of sp³-hybridized carbons (Fsp3) is 0.438. The van der Waals surface area contributed by atoms with Crippen molar-refractivity contribution in [2.24, 2.45) is 5.41 Å². The fourth-order valence-electron chi connectivity index (χ4n) is 5.83. The van der Waals surface area contributed by atoms with Crippen LogP contribution in [-0.4, -0.2) is 94.6 Å². The molecule has 2 atom stereocenters. The first-order chi connectivity index (χ1) is 20.3. The lowest BCUT2D eigenvalue weighted by Crippen LogP contribution is -2.62. The number of rotatable bonds is 10. The van der Waals surface area contributed by atoms with Gasteiger partial charge in [0, 0.05) is 57.8 Å². The van der Waals surface area contributed by atoms with E-state index in [-0.39, 0.29) is 24.8 Å². The summed E-state index contributed by atoms with van der Waals surface area (Å²) in [6.07, 6.45) is 2.35. The van der Waals surface area contributed by atoms with Gasteiger partial charge in [-0.15, -0.1) is 0 Å². The van der Waals surface area contributed by atoms with E-state index in [1.54, 1.807) is 36.1 Å². The van der Waals surface area contributed by atoms with Gasteiger partial charge >= 0.3 is 6.09 Å². The number of carbonyl (C=O) groups is 4. The molecule has 4 N–H and O–H groups in total. The number of aromatic amines is 1.